The van der Waals surface area contributed by atoms with Gasteiger partial charge >= 0.3 is 0 Å². The van der Waals surface area contributed by atoms with Crippen molar-refractivity contribution in [2.45, 2.75) is 33.1 Å². The lowest BCUT2D eigenvalue weighted by Gasteiger charge is -2.10. The van der Waals surface area contributed by atoms with E-state index < -0.39 is 0 Å². The number of benzene rings is 1. The third kappa shape index (κ3) is 6.77. The van der Waals surface area contributed by atoms with Gasteiger partial charge in [-0.3, -0.25) is 4.79 Å². The van der Waals surface area contributed by atoms with Gasteiger partial charge in [0.05, 0.1) is 14.2 Å². The molecule has 0 aliphatic heterocycles. The summed E-state index contributed by atoms with van der Waals surface area (Å²) >= 11 is 0. The quantitative estimate of drug-likeness (QED) is 0.664. The van der Waals surface area contributed by atoms with Crippen molar-refractivity contribution in [2.75, 3.05) is 31.4 Å². The van der Waals surface area contributed by atoms with Crippen molar-refractivity contribution in [3.8, 4) is 11.5 Å². The smallest absolute Gasteiger partial charge is 0.225 e. The molecule has 0 fully saturated rings. The molecule has 1 aromatic carbocycles. The third-order valence-corrected chi connectivity index (χ3v) is 4.05. The highest BCUT2D eigenvalue weighted by molar-refractivity contribution is 5.89. The highest BCUT2D eigenvalue weighted by Gasteiger charge is 2.08. The Morgan fingerprint density at radius 3 is 2.37 bits per heavy atom. The van der Waals surface area contributed by atoms with E-state index in [1.807, 2.05) is 24.3 Å². The van der Waals surface area contributed by atoms with Crippen LogP contribution in [0.1, 0.15) is 32.3 Å². The zero-order valence-electron chi connectivity index (χ0n) is 16.4. The van der Waals surface area contributed by atoms with Crippen LogP contribution in [0, 0.1) is 5.92 Å². The van der Waals surface area contributed by atoms with Crippen LogP contribution in [-0.4, -0.2) is 36.9 Å². The van der Waals surface area contributed by atoms with E-state index in [0.29, 0.717) is 41.9 Å². The number of methoxy groups -OCH3 is 2. The number of nitrogens with one attached hydrogen (secondary N) is 2. The Morgan fingerprint density at radius 2 is 1.74 bits per heavy atom. The molecule has 0 spiro atoms. The monoisotopic (exact) mass is 372 g/mol. The minimum atomic E-state index is -0.111. The van der Waals surface area contributed by atoms with Gasteiger partial charge in [-0.1, -0.05) is 19.9 Å². The Hall–Kier alpha value is -2.83. The minimum absolute atomic E-state index is 0.111. The van der Waals surface area contributed by atoms with Crippen LogP contribution < -0.4 is 20.1 Å². The molecule has 7 heteroatoms. The second kappa shape index (κ2) is 10.4. The number of ether oxygens (including phenoxy) is 2. The van der Waals surface area contributed by atoms with Gasteiger partial charge in [0, 0.05) is 13.0 Å². The fourth-order valence-electron chi connectivity index (χ4n) is 2.48. The van der Waals surface area contributed by atoms with Crippen LogP contribution in [-0.2, 0) is 11.2 Å². The maximum Gasteiger partial charge on any atom is 0.225 e. The van der Waals surface area contributed by atoms with E-state index in [1.54, 1.807) is 20.3 Å². The molecule has 0 saturated heterocycles. The van der Waals surface area contributed by atoms with Crippen molar-refractivity contribution in [1.29, 1.82) is 0 Å². The van der Waals surface area contributed by atoms with Crippen molar-refractivity contribution in [3.05, 3.63) is 35.9 Å². The van der Waals surface area contributed by atoms with Gasteiger partial charge in [-0.15, -0.1) is 10.2 Å². The summed E-state index contributed by atoms with van der Waals surface area (Å²) in [6.07, 6.45) is 2.00. The lowest BCUT2D eigenvalue weighted by atomic mass is 10.1. The van der Waals surface area contributed by atoms with Crippen LogP contribution in [0.5, 0.6) is 11.5 Å². The highest BCUT2D eigenvalue weighted by atomic mass is 16.5. The molecule has 1 aromatic heterocycles. The van der Waals surface area contributed by atoms with Crippen molar-refractivity contribution in [1.82, 2.24) is 10.2 Å². The molecule has 0 aliphatic carbocycles. The maximum absolute atomic E-state index is 12.1. The van der Waals surface area contributed by atoms with Gasteiger partial charge in [0.1, 0.15) is 5.82 Å². The molecule has 7 nitrogen and oxygen atoms in total. The Morgan fingerprint density at radius 1 is 1.04 bits per heavy atom. The molecule has 1 heterocycles. The standard InChI is InChI=1S/C20H28N4O3/c1-14(2)11-12-21-18-8-9-19(24-23-18)22-20(25)10-6-15-5-7-16(26-3)17(13-15)27-4/h5,7-9,13-14H,6,10-12H2,1-4H3,(H,21,23)(H,22,24,25). The SMILES string of the molecule is COc1ccc(CCC(=O)Nc2ccc(NCCC(C)C)nn2)cc1OC. The Labute approximate surface area is 160 Å². The van der Waals surface area contributed by atoms with E-state index in [4.69, 9.17) is 9.47 Å². The van der Waals surface area contributed by atoms with Crippen LogP contribution in [0.2, 0.25) is 0 Å². The van der Waals surface area contributed by atoms with E-state index in [2.05, 4.69) is 34.7 Å². The third-order valence-electron chi connectivity index (χ3n) is 4.05. The maximum atomic E-state index is 12.1. The summed E-state index contributed by atoms with van der Waals surface area (Å²) in [6, 6.07) is 9.20. The van der Waals surface area contributed by atoms with Crippen LogP contribution in [0.4, 0.5) is 11.6 Å². The van der Waals surface area contributed by atoms with E-state index in [-0.39, 0.29) is 5.91 Å². The number of amides is 1. The first-order valence-electron chi connectivity index (χ1n) is 9.10. The number of carbonyl (C=O) groups excluding carboxylic acids is 1. The molecule has 0 bridgehead atoms. The second-order valence-corrected chi connectivity index (χ2v) is 6.65. The normalized spacial score (nSPS) is 10.6. The van der Waals surface area contributed by atoms with Gasteiger partial charge < -0.3 is 20.1 Å². The molecule has 27 heavy (non-hydrogen) atoms. The van der Waals surface area contributed by atoms with Gasteiger partial charge in [0.25, 0.3) is 0 Å². The summed E-state index contributed by atoms with van der Waals surface area (Å²) in [5.41, 5.74) is 0.999. The minimum Gasteiger partial charge on any atom is -0.493 e. The van der Waals surface area contributed by atoms with E-state index in [0.717, 1.165) is 18.5 Å². The Balaban J connectivity index is 1.81. The lowest BCUT2D eigenvalue weighted by Crippen LogP contribution is -2.14. The first-order chi connectivity index (χ1) is 13.0. The molecular formula is C20H28N4O3. The fraction of sp³-hybridized carbons (Fsp3) is 0.450. The number of aryl methyl sites for hydroxylation is 1. The number of hydrogen-bond acceptors (Lipinski definition) is 6. The molecule has 0 radical (unpaired) electrons. The average molecular weight is 372 g/mol. The lowest BCUT2D eigenvalue weighted by molar-refractivity contribution is -0.116. The summed E-state index contributed by atoms with van der Waals surface area (Å²) in [7, 11) is 3.19. The molecule has 1 amide bonds. The predicted octanol–water partition coefficient (Wildman–Crippen LogP) is 3.52. The molecule has 2 N–H and O–H groups in total. The van der Waals surface area contributed by atoms with Gasteiger partial charge in [-0.25, -0.2) is 0 Å². The van der Waals surface area contributed by atoms with Crippen LogP contribution in [0.3, 0.4) is 0 Å². The Kier molecular flexibility index (Phi) is 7.85. The number of hydrogen-bond donors (Lipinski definition) is 2. The van der Waals surface area contributed by atoms with Gasteiger partial charge in [-0.2, -0.15) is 0 Å². The number of nitrogens with zero attached hydrogens (tertiary/aromatic N) is 2. The molecule has 2 aromatic rings. The zero-order valence-corrected chi connectivity index (χ0v) is 16.4. The number of aromatic nitrogens is 2. The summed E-state index contributed by atoms with van der Waals surface area (Å²) in [6.45, 7) is 5.20. The van der Waals surface area contributed by atoms with Crippen LogP contribution in [0.15, 0.2) is 30.3 Å². The van der Waals surface area contributed by atoms with E-state index in [1.165, 1.54) is 0 Å². The zero-order chi connectivity index (χ0) is 19.6. The van der Waals surface area contributed by atoms with Gasteiger partial charge in [-0.05, 0) is 48.6 Å². The van der Waals surface area contributed by atoms with E-state index >= 15 is 0 Å². The molecule has 0 atom stereocenters. The van der Waals surface area contributed by atoms with E-state index in [9.17, 15) is 4.79 Å². The van der Waals surface area contributed by atoms with Gasteiger partial charge in [0.2, 0.25) is 5.91 Å². The number of rotatable bonds is 10. The van der Waals surface area contributed by atoms with Crippen molar-refractivity contribution in [2.24, 2.45) is 5.92 Å². The number of anilines is 2. The highest BCUT2D eigenvalue weighted by Crippen LogP contribution is 2.28. The summed E-state index contributed by atoms with van der Waals surface area (Å²) in [4.78, 5) is 12.1. The second-order valence-electron chi connectivity index (χ2n) is 6.65. The van der Waals surface area contributed by atoms with Crippen molar-refractivity contribution < 1.29 is 14.3 Å². The fourth-order valence-corrected chi connectivity index (χ4v) is 2.48. The average Bonchev–Trinajstić information content (AvgIpc) is 2.67. The first kappa shape index (κ1) is 20.5. The van der Waals surface area contributed by atoms with Crippen molar-refractivity contribution in [3.63, 3.8) is 0 Å². The Bertz CT molecular complexity index is 733. The van der Waals surface area contributed by atoms with Crippen LogP contribution >= 0.6 is 0 Å². The molecule has 0 aliphatic rings. The first-order valence-corrected chi connectivity index (χ1v) is 9.10. The summed E-state index contributed by atoms with van der Waals surface area (Å²) < 4.78 is 10.5. The molecule has 0 saturated carbocycles. The molecule has 146 valence electrons. The molecular weight excluding hydrogens is 344 g/mol. The molecule has 2 rings (SSSR count). The summed E-state index contributed by atoms with van der Waals surface area (Å²) in [5, 5.41) is 14.1. The number of carbonyl (C=O) groups is 1. The predicted molar refractivity (Wildman–Crippen MR) is 106 cm³/mol. The largest absolute Gasteiger partial charge is 0.493 e. The molecule has 0 unspecified atom stereocenters. The van der Waals surface area contributed by atoms with Gasteiger partial charge in [0.15, 0.2) is 17.3 Å². The van der Waals surface area contributed by atoms with Crippen molar-refractivity contribution >= 4 is 17.5 Å². The van der Waals surface area contributed by atoms with Crippen LogP contribution in [0.25, 0.3) is 0 Å². The summed E-state index contributed by atoms with van der Waals surface area (Å²) in [5.74, 6) is 3.00. The topological polar surface area (TPSA) is 85.4 Å².